The van der Waals surface area contributed by atoms with Crippen molar-refractivity contribution in [1.29, 1.82) is 0 Å². The molecule has 2 aliphatic heterocycles. The Bertz CT molecular complexity index is 448. The first-order chi connectivity index (χ1) is 9.75. The molecule has 3 rings (SSSR count). The Kier molecular flexibility index (Phi) is 4.24. The van der Waals surface area contributed by atoms with Gasteiger partial charge in [0.2, 0.25) is 0 Å². The molecule has 4 heteroatoms. The third-order valence-electron chi connectivity index (χ3n) is 4.80. The number of fused-ring (bicyclic) bond motifs is 1. The minimum absolute atomic E-state index is 0.562. The van der Waals surface area contributed by atoms with E-state index >= 15 is 0 Å². The lowest BCUT2D eigenvalue weighted by atomic mass is 9.90. The molecule has 0 radical (unpaired) electrons. The highest BCUT2D eigenvalue weighted by Crippen LogP contribution is 2.33. The van der Waals surface area contributed by atoms with E-state index in [9.17, 15) is 0 Å². The summed E-state index contributed by atoms with van der Waals surface area (Å²) in [5.74, 6) is 1.34. The van der Waals surface area contributed by atoms with Crippen LogP contribution in [0.15, 0.2) is 24.3 Å². The lowest BCUT2D eigenvalue weighted by Crippen LogP contribution is -2.36. The average molecular weight is 274 g/mol. The van der Waals surface area contributed by atoms with Crippen molar-refractivity contribution in [1.82, 2.24) is 16.2 Å². The van der Waals surface area contributed by atoms with Gasteiger partial charge in [0, 0.05) is 56.8 Å². The summed E-state index contributed by atoms with van der Waals surface area (Å²) in [6.45, 7) is 6.66. The number of hydrogen-bond acceptors (Lipinski definition) is 4. The molecule has 4 nitrogen and oxygen atoms in total. The van der Waals surface area contributed by atoms with Crippen LogP contribution in [0.2, 0.25) is 0 Å². The predicted molar refractivity (Wildman–Crippen MR) is 84.0 cm³/mol. The zero-order valence-electron chi connectivity index (χ0n) is 12.5. The van der Waals surface area contributed by atoms with Crippen LogP contribution in [0.4, 0.5) is 5.69 Å². The van der Waals surface area contributed by atoms with Gasteiger partial charge < -0.3 is 10.2 Å². The monoisotopic (exact) mass is 274 g/mol. The summed E-state index contributed by atoms with van der Waals surface area (Å²) in [5.41, 5.74) is 9.43. The van der Waals surface area contributed by atoms with Gasteiger partial charge in [0.25, 0.3) is 0 Å². The lowest BCUT2D eigenvalue weighted by Gasteiger charge is -2.33. The van der Waals surface area contributed by atoms with E-state index in [4.69, 9.17) is 0 Å². The zero-order valence-corrected chi connectivity index (χ0v) is 12.5. The second kappa shape index (κ2) is 6.12. The molecular weight excluding hydrogens is 248 g/mol. The second-order valence-electron chi connectivity index (χ2n) is 6.20. The van der Waals surface area contributed by atoms with Crippen molar-refractivity contribution in [2.24, 2.45) is 5.92 Å². The molecule has 20 heavy (non-hydrogen) atoms. The standard InChI is InChI=1S/C16H26N4/c1-12-14(11-18-19-12)10-17-9-13-7-8-20(2)16-6-4-3-5-15(13)16/h3-6,12-14,17-19H,7-11H2,1-2H3. The average Bonchev–Trinajstić information content (AvgIpc) is 2.87. The molecule has 0 amide bonds. The molecule has 3 unspecified atom stereocenters. The fourth-order valence-corrected chi connectivity index (χ4v) is 3.36. The van der Waals surface area contributed by atoms with Crippen LogP contribution in [0, 0.1) is 5.92 Å². The van der Waals surface area contributed by atoms with E-state index in [-0.39, 0.29) is 0 Å². The predicted octanol–water partition coefficient (Wildman–Crippen LogP) is 1.31. The summed E-state index contributed by atoms with van der Waals surface area (Å²) in [6, 6.07) is 9.40. The minimum atomic E-state index is 0.562. The summed E-state index contributed by atoms with van der Waals surface area (Å²) >= 11 is 0. The van der Waals surface area contributed by atoms with Crippen LogP contribution >= 0.6 is 0 Å². The maximum Gasteiger partial charge on any atom is 0.0399 e. The van der Waals surface area contributed by atoms with Gasteiger partial charge in [0.15, 0.2) is 0 Å². The third-order valence-corrected chi connectivity index (χ3v) is 4.80. The van der Waals surface area contributed by atoms with E-state index in [2.05, 4.69) is 59.3 Å². The second-order valence-corrected chi connectivity index (χ2v) is 6.20. The molecule has 110 valence electrons. The first-order valence-corrected chi connectivity index (χ1v) is 7.75. The van der Waals surface area contributed by atoms with Gasteiger partial charge >= 0.3 is 0 Å². The van der Waals surface area contributed by atoms with E-state index in [1.54, 1.807) is 0 Å². The molecule has 1 fully saturated rings. The Morgan fingerprint density at radius 1 is 1.30 bits per heavy atom. The minimum Gasteiger partial charge on any atom is -0.374 e. The van der Waals surface area contributed by atoms with E-state index in [0.717, 1.165) is 26.2 Å². The Labute approximate surface area is 121 Å². The zero-order chi connectivity index (χ0) is 13.9. The lowest BCUT2D eigenvalue weighted by molar-refractivity contribution is 0.435. The highest BCUT2D eigenvalue weighted by Gasteiger charge is 2.25. The number of rotatable bonds is 4. The number of nitrogens with zero attached hydrogens (tertiary/aromatic N) is 1. The summed E-state index contributed by atoms with van der Waals surface area (Å²) in [5, 5.41) is 3.68. The van der Waals surface area contributed by atoms with Crippen LogP contribution in [-0.4, -0.2) is 39.3 Å². The fraction of sp³-hybridized carbons (Fsp3) is 0.625. The molecule has 0 bridgehead atoms. The number of para-hydroxylation sites is 1. The van der Waals surface area contributed by atoms with Gasteiger partial charge in [-0.2, -0.15) is 0 Å². The molecule has 2 aliphatic rings. The van der Waals surface area contributed by atoms with Gasteiger partial charge in [-0.05, 0) is 25.0 Å². The third kappa shape index (κ3) is 2.82. The van der Waals surface area contributed by atoms with Crippen molar-refractivity contribution in [2.75, 3.05) is 38.1 Å². The van der Waals surface area contributed by atoms with Crippen LogP contribution in [0.25, 0.3) is 0 Å². The number of benzene rings is 1. The Balaban J connectivity index is 1.57. The topological polar surface area (TPSA) is 39.3 Å². The quantitative estimate of drug-likeness (QED) is 0.774. The molecular formula is C16H26N4. The van der Waals surface area contributed by atoms with Crippen molar-refractivity contribution in [3.05, 3.63) is 29.8 Å². The maximum absolute atomic E-state index is 3.68. The van der Waals surface area contributed by atoms with E-state index in [1.807, 2.05) is 0 Å². The van der Waals surface area contributed by atoms with Crippen molar-refractivity contribution in [3.8, 4) is 0 Å². The van der Waals surface area contributed by atoms with Crippen molar-refractivity contribution >= 4 is 5.69 Å². The van der Waals surface area contributed by atoms with Gasteiger partial charge in [0.05, 0.1) is 0 Å². The number of nitrogens with one attached hydrogen (secondary N) is 3. The summed E-state index contributed by atoms with van der Waals surface area (Å²) < 4.78 is 0. The fourth-order valence-electron chi connectivity index (χ4n) is 3.36. The number of hydrogen-bond donors (Lipinski definition) is 3. The first-order valence-electron chi connectivity index (χ1n) is 7.75. The molecule has 1 saturated heterocycles. The molecule has 0 spiro atoms. The highest BCUT2D eigenvalue weighted by molar-refractivity contribution is 5.56. The highest BCUT2D eigenvalue weighted by atomic mass is 15.4. The van der Waals surface area contributed by atoms with Crippen molar-refractivity contribution < 1.29 is 0 Å². The Hall–Kier alpha value is -1.10. The Morgan fingerprint density at radius 2 is 2.15 bits per heavy atom. The molecule has 1 aromatic carbocycles. The van der Waals surface area contributed by atoms with Crippen molar-refractivity contribution in [2.45, 2.75) is 25.3 Å². The smallest absolute Gasteiger partial charge is 0.0399 e. The maximum atomic E-state index is 3.68. The molecule has 3 atom stereocenters. The Morgan fingerprint density at radius 3 is 2.95 bits per heavy atom. The van der Waals surface area contributed by atoms with Gasteiger partial charge in [-0.25, -0.2) is 0 Å². The molecule has 1 aromatic rings. The molecule has 2 heterocycles. The largest absolute Gasteiger partial charge is 0.374 e. The van der Waals surface area contributed by atoms with Crippen LogP contribution in [0.1, 0.15) is 24.8 Å². The number of hydrazine groups is 1. The van der Waals surface area contributed by atoms with Crippen LogP contribution in [0.5, 0.6) is 0 Å². The van der Waals surface area contributed by atoms with Gasteiger partial charge in [-0.15, -0.1) is 0 Å². The normalized spacial score (nSPS) is 29.5. The van der Waals surface area contributed by atoms with Crippen LogP contribution in [0.3, 0.4) is 0 Å². The summed E-state index contributed by atoms with van der Waals surface area (Å²) in [7, 11) is 2.19. The van der Waals surface area contributed by atoms with Crippen LogP contribution < -0.4 is 21.1 Å². The molecule has 0 aliphatic carbocycles. The number of anilines is 1. The summed E-state index contributed by atoms with van der Waals surface area (Å²) in [4.78, 5) is 2.37. The van der Waals surface area contributed by atoms with Crippen molar-refractivity contribution in [3.63, 3.8) is 0 Å². The van der Waals surface area contributed by atoms with E-state index in [1.165, 1.54) is 17.7 Å². The molecule has 3 N–H and O–H groups in total. The van der Waals surface area contributed by atoms with Gasteiger partial charge in [0.1, 0.15) is 0 Å². The molecule has 0 saturated carbocycles. The molecule has 0 aromatic heterocycles. The summed E-state index contributed by atoms with van der Waals surface area (Å²) in [6.07, 6.45) is 1.25. The van der Waals surface area contributed by atoms with Gasteiger partial charge in [-0.3, -0.25) is 10.9 Å². The SMILES string of the molecule is CC1NNCC1CNCC1CCN(C)c2ccccc21. The van der Waals surface area contributed by atoms with Gasteiger partial charge in [-0.1, -0.05) is 18.2 Å². The van der Waals surface area contributed by atoms with E-state index in [0.29, 0.717) is 17.9 Å². The first kappa shape index (κ1) is 13.9. The van der Waals surface area contributed by atoms with E-state index < -0.39 is 0 Å². The van der Waals surface area contributed by atoms with Crippen LogP contribution in [-0.2, 0) is 0 Å².